The SMILES string of the molecule is CN1CCC(N(C)C(=O)c2ccc(C#N)nc2)CC1. The molecule has 0 unspecified atom stereocenters. The lowest BCUT2D eigenvalue weighted by Gasteiger charge is -2.35. The van der Waals surface area contributed by atoms with Crippen LogP contribution in [-0.2, 0) is 0 Å². The number of hydrogen-bond donors (Lipinski definition) is 0. The summed E-state index contributed by atoms with van der Waals surface area (Å²) in [7, 11) is 3.94. The Balaban J connectivity index is 2.04. The Kier molecular flexibility index (Phi) is 4.13. The first-order valence-electron chi connectivity index (χ1n) is 6.43. The maximum absolute atomic E-state index is 12.3. The molecule has 0 radical (unpaired) electrons. The summed E-state index contributed by atoms with van der Waals surface area (Å²) in [5.74, 6) is -0.0217. The third-order valence-electron chi connectivity index (χ3n) is 3.68. The molecular weight excluding hydrogens is 240 g/mol. The lowest BCUT2D eigenvalue weighted by molar-refractivity contribution is 0.0659. The van der Waals surface area contributed by atoms with Gasteiger partial charge in [0.1, 0.15) is 11.8 Å². The van der Waals surface area contributed by atoms with Gasteiger partial charge in [-0.15, -0.1) is 0 Å². The molecule has 1 aliphatic rings. The highest BCUT2D eigenvalue weighted by atomic mass is 16.2. The first-order chi connectivity index (χ1) is 9.11. The van der Waals surface area contributed by atoms with Crippen molar-refractivity contribution in [3.8, 4) is 6.07 Å². The van der Waals surface area contributed by atoms with Gasteiger partial charge in [0, 0.05) is 19.3 Å². The van der Waals surface area contributed by atoms with Crippen molar-refractivity contribution < 1.29 is 4.79 Å². The number of carbonyl (C=O) groups excluding carboxylic acids is 1. The number of aromatic nitrogens is 1. The molecule has 19 heavy (non-hydrogen) atoms. The number of pyridine rings is 1. The molecule has 0 aliphatic carbocycles. The molecule has 2 heterocycles. The molecule has 0 atom stereocenters. The van der Waals surface area contributed by atoms with Crippen molar-refractivity contribution in [1.29, 1.82) is 5.26 Å². The van der Waals surface area contributed by atoms with Crippen molar-refractivity contribution in [3.05, 3.63) is 29.6 Å². The molecule has 0 N–H and O–H groups in total. The second-order valence-corrected chi connectivity index (χ2v) is 4.99. The Morgan fingerprint density at radius 3 is 2.68 bits per heavy atom. The van der Waals surface area contributed by atoms with Crippen LogP contribution in [0.5, 0.6) is 0 Å². The summed E-state index contributed by atoms with van der Waals surface area (Å²) in [6.07, 6.45) is 3.48. The van der Waals surface area contributed by atoms with Gasteiger partial charge in [-0.1, -0.05) is 0 Å². The molecule has 0 saturated carbocycles. The van der Waals surface area contributed by atoms with Crippen LogP contribution in [0, 0.1) is 11.3 Å². The van der Waals surface area contributed by atoms with Gasteiger partial charge in [0.15, 0.2) is 0 Å². The van der Waals surface area contributed by atoms with Crippen LogP contribution >= 0.6 is 0 Å². The van der Waals surface area contributed by atoms with Gasteiger partial charge in [-0.2, -0.15) is 5.26 Å². The van der Waals surface area contributed by atoms with Gasteiger partial charge >= 0.3 is 0 Å². The van der Waals surface area contributed by atoms with Crippen molar-refractivity contribution in [2.75, 3.05) is 27.2 Å². The second kappa shape index (κ2) is 5.81. The molecule has 1 aromatic rings. The number of rotatable bonds is 2. The maximum atomic E-state index is 12.3. The molecule has 5 heteroatoms. The lowest BCUT2D eigenvalue weighted by Crippen LogP contribution is -2.44. The molecule has 2 rings (SSSR count). The Bertz CT molecular complexity index is 483. The minimum absolute atomic E-state index is 0.0217. The van der Waals surface area contributed by atoms with Gasteiger partial charge < -0.3 is 9.80 Å². The summed E-state index contributed by atoms with van der Waals surface area (Å²) in [6.45, 7) is 2.04. The monoisotopic (exact) mass is 258 g/mol. The molecule has 0 bridgehead atoms. The number of hydrogen-bond acceptors (Lipinski definition) is 4. The summed E-state index contributed by atoms with van der Waals surface area (Å²) >= 11 is 0. The molecule has 100 valence electrons. The van der Waals surface area contributed by atoms with E-state index in [0.29, 0.717) is 17.3 Å². The van der Waals surface area contributed by atoms with Crippen molar-refractivity contribution >= 4 is 5.91 Å². The average Bonchev–Trinajstić information content (AvgIpc) is 2.46. The molecule has 0 aromatic carbocycles. The van der Waals surface area contributed by atoms with Gasteiger partial charge in [0.2, 0.25) is 0 Å². The topological polar surface area (TPSA) is 60.2 Å². The van der Waals surface area contributed by atoms with Crippen molar-refractivity contribution in [2.45, 2.75) is 18.9 Å². The van der Waals surface area contributed by atoms with E-state index < -0.39 is 0 Å². The fourth-order valence-electron chi connectivity index (χ4n) is 2.34. The van der Waals surface area contributed by atoms with Crippen LogP contribution < -0.4 is 0 Å². The third-order valence-corrected chi connectivity index (χ3v) is 3.68. The number of amides is 1. The van der Waals surface area contributed by atoms with Crippen LogP contribution in [-0.4, -0.2) is 53.9 Å². The minimum atomic E-state index is -0.0217. The highest BCUT2D eigenvalue weighted by molar-refractivity contribution is 5.94. The lowest BCUT2D eigenvalue weighted by atomic mass is 10.0. The number of nitriles is 1. The fraction of sp³-hybridized carbons (Fsp3) is 0.500. The van der Waals surface area contributed by atoms with Crippen LogP contribution in [0.15, 0.2) is 18.3 Å². The summed E-state index contributed by atoms with van der Waals surface area (Å²) in [5, 5.41) is 8.69. The van der Waals surface area contributed by atoms with E-state index in [2.05, 4.69) is 16.9 Å². The quantitative estimate of drug-likeness (QED) is 0.797. The predicted octanol–water partition coefficient (Wildman–Crippen LogP) is 1.12. The van der Waals surface area contributed by atoms with Crippen molar-refractivity contribution in [2.24, 2.45) is 0 Å². The van der Waals surface area contributed by atoms with Crippen LogP contribution in [0.1, 0.15) is 28.9 Å². The number of likely N-dealkylation sites (tertiary alicyclic amines) is 1. The van der Waals surface area contributed by atoms with E-state index in [1.165, 1.54) is 6.20 Å². The smallest absolute Gasteiger partial charge is 0.255 e. The molecule has 1 amide bonds. The summed E-state index contributed by atoms with van der Waals surface area (Å²) in [6, 6.07) is 5.49. The predicted molar refractivity (Wildman–Crippen MR) is 71.6 cm³/mol. The molecule has 1 saturated heterocycles. The van der Waals surface area contributed by atoms with Gasteiger partial charge in [0.25, 0.3) is 5.91 Å². The largest absolute Gasteiger partial charge is 0.339 e. The normalized spacial score (nSPS) is 16.9. The summed E-state index contributed by atoms with van der Waals surface area (Å²) < 4.78 is 0. The molecule has 1 aliphatic heterocycles. The van der Waals surface area contributed by atoms with Gasteiger partial charge in [-0.3, -0.25) is 4.79 Å². The Morgan fingerprint density at radius 1 is 1.47 bits per heavy atom. The highest BCUT2D eigenvalue weighted by Crippen LogP contribution is 2.16. The van der Waals surface area contributed by atoms with E-state index in [-0.39, 0.29) is 5.91 Å². The zero-order valence-electron chi connectivity index (χ0n) is 11.3. The zero-order valence-corrected chi connectivity index (χ0v) is 11.3. The number of nitrogens with zero attached hydrogens (tertiary/aromatic N) is 4. The molecule has 1 aromatic heterocycles. The van der Waals surface area contributed by atoms with E-state index in [0.717, 1.165) is 25.9 Å². The van der Waals surface area contributed by atoms with Gasteiger partial charge in [-0.25, -0.2) is 4.98 Å². The molecular formula is C14H18N4O. The fourth-order valence-corrected chi connectivity index (χ4v) is 2.34. The summed E-state index contributed by atoms with van der Waals surface area (Å²) in [5.41, 5.74) is 0.874. The number of carbonyl (C=O) groups is 1. The van der Waals surface area contributed by atoms with E-state index in [4.69, 9.17) is 5.26 Å². The van der Waals surface area contributed by atoms with Crippen LogP contribution in [0.4, 0.5) is 0 Å². The van der Waals surface area contributed by atoms with E-state index in [1.807, 2.05) is 13.1 Å². The van der Waals surface area contributed by atoms with Gasteiger partial charge in [-0.05, 0) is 45.1 Å². The first kappa shape index (κ1) is 13.5. The van der Waals surface area contributed by atoms with Crippen molar-refractivity contribution in [1.82, 2.24) is 14.8 Å². The Labute approximate surface area is 113 Å². The minimum Gasteiger partial charge on any atom is -0.339 e. The first-order valence-corrected chi connectivity index (χ1v) is 6.43. The maximum Gasteiger partial charge on any atom is 0.255 e. The van der Waals surface area contributed by atoms with Crippen LogP contribution in [0.2, 0.25) is 0 Å². The van der Waals surface area contributed by atoms with E-state index in [9.17, 15) is 4.79 Å². The second-order valence-electron chi connectivity index (χ2n) is 4.99. The van der Waals surface area contributed by atoms with E-state index in [1.54, 1.807) is 17.0 Å². The van der Waals surface area contributed by atoms with Crippen LogP contribution in [0.3, 0.4) is 0 Å². The third kappa shape index (κ3) is 3.09. The van der Waals surface area contributed by atoms with Crippen molar-refractivity contribution in [3.63, 3.8) is 0 Å². The standard InChI is InChI=1S/C14H18N4O/c1-17-7-5-13(6-8-17)18(2)14(19)11-3-4-12(9-15)16-10-11/h3-4,10,13H,5-8H2,1-2H3. The van der Waals surface area contributed by atoms with E-state index >= 15 is 0 Å². The Morgan fingerprint density at radius 2 is 2.16 bits per heavy atom. The Hall–Kier alpha value is -1.93. The van der Waals surface area contributed by atoms with Gasteiger partial charge in [0.05, 0.1) is 5.56 Å². The van der Waals surface area contributed by atoms with Crippen LogP contribution in [0.25, 0.3) is 0 Å². The summed E-state index contributed by atoms with van der Waals surface area (Å²) in [4.78, 5) is 20.3. The highest BCUT2D eigenvalue weighted by Gasteiger charge is 2.24. The molecule has 1 fully saturated rings. The average molecular weight is 258 g/mol. The molecule has 0 spiro atoms. The zero-order chi connectivity index (χ0) is 13.8. The number of piperidine rings is 1. The molecule has 5 nitrogen and oxygen atoms in total.